The maximum atomic E-state index is 5.15. The fraction of sp³-hybridized carbons (Fsp3) is 0.462. The molecule has 102 valence electrons. The average Bonchev–Trinajstić information content (AvgIpc) is 2.71. The Morgan fingerprint density at radius 3 is 2.58 bits per heavy atom. The first kappa shape index (κ1) is 14.0. The number of aromatic nitrogens is 3. The molecule has 2 rings (SSSR count). The van der Waals surface area contributed by atoms with Crippen LogP contribution in [0.2, 0.25) is 0 Å². The molecule has 0 aromatic carbocycles. The Morgan fingerprint density at radius 2 is 2.00 bits per heavy atom. The summed E-state index contributed by atoms with van der Waals surface area (Å²) in [7, 11) is 0. The van der Waals surface area contributed by atoms with Crippen molar-refractivity contribution >= 4 is 21.7 Å². The van der Waals surface area contributed by atoms with Crippen LogP contribution in [0.1, 0.15) is 38.0 Å². The molecule has 0 spiro atoms. The summed E-state index contributed by atoms with van der Waals surface area (Å²) in [5, 5.41) is 7.06. The van der Waals surface area contributed by atoms with Crippen LogP contribution in [0.3, 0.4) is 0 Å². The molecule has 0 amide bonds. The number of anilines is 1. The fourth-order valence-corrected chi connectivity index (χ4v) is 1.91. The van der Waals surface area contributed by atoms with Crippen LogP contribution in [-0.4, -0.2) is 15.1 Å². The zero-order valence-corrected chi connectivity index (χ0v) is 13.1. The lowest BCUT2D eigenvalue weighted by Crippen LogP contribution is -2.17. The molecule has 1 N–H and O–H groups in total. The van der Waals surface area contributed by atoms with Crippen molar-refractivity contribution < 1.29 is 4.52 Å². The van der Waals surface area contributed by atoms with Crippen molar-refractivity contribution in [1.29, 1.82) is 0 Å². The van der Waals surface area contributed by atoms with Crippen molar-refractivity contribution in [3.05, 3.63) is 34.0 Å². The van der Waals surface area contributed by atoms with Gasteiger partial charge in [0.15, 0.2) is 5.76 Å². The van der Waals surface area contributed by atoms with E-state index in [0.29, 0.717) is 6.54 Å². The lowest BCUT2D eigenvalue weighted by Gasteiger charge is -2.17. The molecule has 19 heavy (non-hydrogen) atoms. The summed E-state index contributed by atoms with van der Waals surface area (Å²) >= 11 is 3.41. The van der Waals surface area contributed by atoms with E-state index in [1.807, 2.05) is 19.1 Å². The maximum Gasteiger partial charge on any atom is 0.156 e. The van der Waals surface area contributed by atoms with E-state index in [1.54, 1.807) is 0 Å². The van der Waals surface area contributed by atoms with Crippen molar-refractivity contribution in [3.63, 3.8) is 0 Å². The molecule has 2 aromatic rings. The van der Waals surface area contributed by atoms with Gasteiger partial charge >= 0.3 is 0 Å². The van der Waals surface area contributed by atoms with Crippen LogP contribution in [0.15, 0.2) is 21.3 Å². The van der Waals surface area contributed by atoms with Gasteiger partial charge in [-0.05, 0) is 22.9 Å². The quantitative estimate of drug-likeness (QED) is 0.876. The summed E-state index contributed by atoms with van der Waals surface area (Å²) in [6.07, 6.45) is 0. The third kappa shape index (κ3) is 3.76. The van der Waals surface area contributed by atoms with Crippen molar-refractivity contribution in [3.8, 4) is 0 Å². The molecule has 0 fully saturated rings. The van der Waals surface area contributed by atoms with Gasteiger partial charge in [-0.1, -0.05) is 25.9 Å². The molecular weight excluding hydrogens is 308 g/mol. The van der Waals surface area contributed by atoms with Crippen molar-refractivity contribution in [2.45, 2.75) is 39.7 Å². The van der Waals surface area contributed by atoms with Gasteiger partial charge in [0.2, 0.25) is 0 Å². The van der Waals surface area contributed by atoms with Crippen LogP contribution >= 0.6 is 15.9 Å². The molecule has 0 unspecified atom stereocenters. The van der Waals surface area contributed by atoms with E-state index < -0.39 is 0 Å². The zero-order chi connectivity index (χ0) is 14.0. The monoisotopic (exact) mass is 324 g/mol. The summed E-state index contributed by atoms with van der Waals surface area (Å²) in [6, 6.07) is 3.74. The molecule has 0 aliphatic carbocycles. The van der Waals surface area contributed by atoms with Gasteiger partial charge in [0.05, 0.1) is 12.2 Å². The maximum absolute atomic E-state index is 5.15. The predicted molar refractivity (Wildman–Crippen MR) is 77.0 cm³/mol. The number of nitrogens with zero attached hydrogens (tertiary/aromatic N) is 3. The molecule has 0 aliphatic rings. The van der Waals surface area contributed by atoms with Gasteiger partial charge in [-0.25, -0.2) is 9.97 Å². The Bertz CT molecular complexity index is 574. The smallest absolute Gasteiger partial charge is 0.156 e. The highest BCUT2D eigenvalue weighted by Crippen LogP contribution is 2.22. The molecular formula is C13H17BrN4O. The molecule has 0 radical (unpaired) electrons. The van der Waals surface area contributed by atoms with Crippen LogP contribution < -0.4 is 5.32 Å². The van der Waals surface area contributed by atoms with Crippen LogP contribution in [0.5, 0.6) is 0 Å². The lowest BCUT2D eigenvalue weighted by atomic mass is 9.96. The Morgan fingerprint density at radius 1 is 1.26 bits per heavy atom. The van der Waals surface area contributed by atoms with Crippen LogP contribution in [0.4, 0.5) is 5.82 Å². The normalized spacial score (nSPS) is 11.6. The van der Waals surface area contributed by atoms with Gasteiger partial charge in [-0.3, -0.25) is 0 Å². The zero-order valence-electron chi connectivity index (χ0n) is 11.5. The Kier molecular flexibility index (Phi) is 3.89. The number of hydrogen-bond donors (Lipinski definition) is 1. The Hall–Kier alpha value is -1.43. The highest BCUT2D eigenvalue weighted by Gasteiger charge is 2.18. The number of nitrogens with one attached hydrogen (secondary N) is 1. The van der Waals surface area contributed by atoms with Gasteiger partial charge in [0, 0.05) is 17.5 Å². The first-order chi connectivity index (χ1) is 8.84. The summed E-state index contributed by atoms with van der Waals surface area (Å²) in [6.45, 7) is 8.69. The van der Waals surface area contributed by atoms with Gasteiger partial charge in [-0.15, -0.1) is 0 Å². The van der Waals surface area contributed by atoms with Crippen LogP contribution in [-0.2, 0) is 12.0 Å². The molecule has 2 aromatic heterocycles. The SMILES string of the molecule is Cc1cc(CNc2cc(Br)nc(C(C)(C)C)n2)on1. The third-order valence-electron chi connectivity index (χ3n) is 2.49. The number of aryl methyl sites for hydroxylation is 1. The second kappa shape index (κ2) is 5.28. The summed E-state index contributed by atoms with van der Waals surface area (Å²) < 4.78 is 5.91. The van der Waals surface area contributed by atoms with E-state index in [9.17, 15) is 0 Å². The van der Waals surface area contributed by atoms with E-state index >= 15 is 0 Å². The van der Waals surface area contributed by atoms with Gasteiger partial charge in [-0.2, -0.15) is 0 Å². The number of rotatable bonds is 3. The van der Waals surface area contributed by atoms with Gasteiger partial charge < -0.3 is 9.84 Å². The minimum Gasteiger partial charge on any atom is -0.363 e. The largest absolute Gasteiger partial charge is 0.363 e. The van der Waals surface area contributed by atoms with Gasteiger partial charge in [0.1, 0.15) is 16.2 Å². The Labute approximate surface area is 121 Å². The molecule has 0 bridgehead atoms. The number of halogens is 1. The van der Waals surface area contributed by atoms with Crippen LogP contribution in [0.25, 0.3) is 0 Å². The van der Waals surface area contributed by atoms with Crippen molar-refractivity contribution in [2.24, 2.45) is 0 Å². The van der Waals surface area contributed by atoms with E-state index in [-0.39, 0.29) is 5.41 Å². The van der Waals surface area contributed by atoms with Crippen molar-refractivity contribution in [1.82, 2.24) is 15.1 Å². The fourth-order valence-electron chi connectivity index (χ4n) is 1.52. The second-order valence-electron chi connectivity index (χ2n) is 5.44. The number of hydrogen-bond acceptors (Lipinski definition) is 5. The molecule has 5 nitrogen and oxygen atoms in total. The minimum atomic E-state index is -0.0942. The highest BCUT2D eigenvalue weighted by atomic mass is 79.9. The van der Waals surface area contributed by atoms with E-state index in [4.69, 9.17) is 4.52 Å². The molecule has 0 saturated heterocycles. The van der Waals surface area contributed by atoms with E-state index in [0.717, 1.165) is 27.7 Å². The summed E-state index contributed by atoms with van der Waals surface area (Å²) in [5.74, 6) is 2.34. The van der Waals surface area contributed by atoms with E-state index in [2.05, 4.69) is 57.1 Å². The lowest BCUT2D eigenvalue weighted by molar-refractivity contribution is 0.384. The van der Waals surface area contributed by atoms with E-state index in [1.165, 1.54) is 0 Å². The van der Waals surface area contributed by atoms with Crippen molar-refractivity contribution in [2.75, 3.05) is 5.32 Å². The molecule has 0 atom stereocenters. The molecule has 6 heteroatoms. The average molecular weight is 325 g/mol. The standard InChI is InChI=1S/C13H17BrN4O/c1-8-5-9(19-18-8)7-15-11-6-10(14)16-12(17-11)13(2,3)4/h5-6H,7H2,1-4H3,(H,15,16,17). The molecule has 0 aliphatic heterocycles. The summed E-state index contributed by atoms with van der Waals surface area (Å²) in [5.41, 5.74) is 0.777. The summed E-state index contributed by atoms with van der Waals surface area (Å²) in [4.78, 5) is 8.91. The van der Waals surface area contributed by atoms with Crippen LogP contribution in [0, 0.1) is 6.92 Å². The minimum absolute atomic E-state index is 0.0942. The molecule has 2 heterocycles. The predicted octanol–water partition coefficient (Wildman–Crippen LogP) is 3.45. The third-order valence-corrected chi connectivity index (χ3v) is 2.89. The highest BCUT2D eigenvalue weighted by molar-refractivity contribution is 9.10. The molecule has 0 saturated carbocycles. The first-order valence-corrected chi connectivity index (χ1v) is 6.85. The first-order valence-electron chi connectivity index (χ1n) is 6.06. The van der Waals surface area contributed by atoms with Gasteiger partial charge in [0.25, 0.3) is 0 Å². The Balaban J connectivity index is 2.14. The second-order valence-corrected chi connectivity index (χ2v) is 6.25. The topological polar surface area (TPSA) is 63.8 Å².